The highest BCUT2D eigenvalue weighted by molar-refractivity contribution is 6.05. The highest BCUT2D eigenvalue weighted by atomic mass is 16.2. The van der Waals surface area contributed by atoms with E-state index < -0.39 is 0 Å². The molecule has 0 aliphatic carbocycles. The van der Waals surface area contributed by atoms with Crippen molar-refractivity contribution in [1.82, 2.24) is 0 Å². The highest BCUT2D eigenvalue weighted by Gasteiger charge is 2.21. The quantitative estimate of drug-likeness (QED) is 0.945. The number of rotatable bonds is 3. The molecule has 3 rings (SSSR count). The van der Waals surface area contributed by atoms with Crippen LogP contribution in [-0.4, -0.2) is 33.0 Å². The monoisotopic (exact) mass is 323 g/mol. The molecule has 1 aliphatic rings. The van der Waals surface area contributed by atoms with Crippen LogP contribution >= 0.6 is 0 Å². The van der Waals surface area contributed by atoms with Gasteiger partial charge < -0.3 is 15.1 Å². The van der Waals surface area contributed by atoms with Crippen molar-refractivity contribution in [2.75, 3.05) is 36.3 Å². The SMILES string of the molecule is CN(C)c1ccc(C(=O)Nc2ccc3c(c2)CCC(=O)N3C)cc1. The molecule has 5 nitrogen and oxygen atoms in total. The third-order valence-corrected chi connectivity index (χ3v) is 4.33. The Balaban J connectivity index is 1.76. The smallest absolute Gasteiger partial charge is 0.255 e. The summed E-state index contributed by atoms with van der Waals surface area (Å²) in [5.74, 6) is -0.0132. The number of aryl methyl sites for hydroxylation is 1. The Bertz CT molecular complexity index is 782. The minimum Gasteiger partial charge on any atom is -0.378 e. The predicted molar refractivity (Wildman–Crippen MR) is 96.9 cm³/mol. The first kappa shape index (κ1) is 16.1. The Morgan fingerprint density at radius 2 is 1.79 bits per heavy atom. The summed E-state index contributed by atoms with van der Waals surface area (Å²) in [6.45, 7) is 0. The van der Waals surface area contributed by atoms with Gasteiger partial charge in [-0.2, -0.15) is 0 Å². The fourth-order valence-corrected chi connectivity index (χ4v) is 2.85. The van der Waals surface area contributed by atoms with Crippen molar-refractivity contribution in [1.29, 1.82) is 0 Å². The molecule has 124 valence electrons. The van der Waals surface area contributed by atoms with Gasteiger partial charge in [-0.05, 0) is 54.4 Å². The zero-order valence-electron chi connectivity index (χ0n) is 14.2. The lowest BCUT2D eigenvalue weighted by Crippen LogP contribution is -2.31. The molecule has 2 amide bonds. The lowest BCUT2D eigenvalue weighted by molar-refractivity contribution is -0.118. The molecule has 1 heterocycles. The molecule has 0 unspecified atom stereocenters. The van der Waals surface area contributed by atoms with Gasteiger partial charge in [-0.3, -0.25) is 9.59 Å². The van der Waals surface area contributed by atoms with Crippen LogP contribution in [0.1, 0.15) is 22.3 Å². The molecule has 1 aliphatic heterocycles. The largest absolute Gasteiger partial charge is 0.378 e. The van der Waals surface area contributed by atoms with E-state index in [4.69, 9.17) is 0 Å². The molecule has 0 atom stereocenters. The number of nitrogens with zero attached hydrogens (tertiary/aromatic N) is 2. The average molecular weight is 323 g/mol. The van der Waals surface area contributed by atoms with E-state index in [-0.39, 0.29) is 11.8 Å². The molecule has 0 saturated carbocycles. The van der Waals surface area contributed by atoms with E-state index in [9.17, 15) is 9.59 Å². The van der Waals surface area contributed by atoms with Crippen LogP contribution in [0.3, 0.4) is 0 Å². The topological polar surface area (TPSA) is 52.7 Å². The van der Waals surface area contributed by atoms with Gasteiger partial charge in [0.25, 0.3) is 5.91 Å². The van der Waals surface area contributed by atoms with E-state index in [1.165, 1.54) is 0 Å². The van der Waals surface area contributed by atoms with E-state index >= 15 is 0 Å². The first-order chi connectivity index (χ1) is 11.5. The normalized spacial score (nSPS) is 13.5. The van der Waals surface area contributed by atoms with Gasteiger partial charge >= 0.3 is 0 Å². The Morgan fingerprint density at radius 1 is 1.08 bits per heavy atom. The van der Waals surface area contributed by atoms with Gasteiger partial charge in [0.15, 0.2) is 0 Å². The number of amides is 2. The van der Waals surface area contributed by atoms with Gasteiger partial charge in [0.1, 0.15) is 0 Å². The number of fused-ring (bicyclic) bond motifs is 1. The predicted octanol–water partition coefficient (Wildman–Crippen LogP) is 2.91. The van der Waals surface area contributed by atoms with Crippen molar-refractivity contribution in [3.63, 3.8) is 0 Å². The van der Waals surface area contributed by atoms with Crippen LogP contribution in [0.4, 0.5) is 17.1 Å². The van der Waals surface area contributed by atoms with Crippen LogP contribution in [-0.2, 0) is 11.2 Å². The van der Waals surface area contributed by atoms with Gasteiger partial charge in [0.05, 0.1) is 0 Å². The lowest BCUT2D eigenvalue weighted by atomic mass is 10.0. The molecular formula is C19H21N3O2. The molecule has 0 fully saturated rings. The molecular weight excluding hydrogens is 302 g/mol. The summed E-state index contributed by atoms with van der Waals surface area (Å²) in [5, 5.41) is 2.93. The van der Waals surface area contributed by atoms with Gasteiger partial charge in [-0.15, -0.1) is 0 Å². The van der Waals surface area contributed by atoms with Gasteiger partial charge in [0.2, 0.25) is 5.91 Å². The van der Waals surface area contributed by atoms with Crippen molar-refractivity contribution in [2.45, 2.75) is 12.8 Å². The maximum atomic E-state index is 12.4. The number of carbonyl (C=O) groups is 2. The second-order valence-electron chi connectivity index (χ2n) is 6.19. The Kier molecular flexibility index (Phi) is 4.25. The molecule has 2 aromatic carbocycles. The summed E-state index contributed by atoms with van der Waals surface area (Å²) in [6, 6.07) is 13.1. The number of hydrogen-bond acceptors (Lipinski definition) is 3. The van der Waals surface area contributed by atoms with Gasteiger partial charge in [-0.1, -0.05) is 0 Å². The van der Waals surface area contributed by atoms with Crippen molar-refractivity contribution in [3.05, 3.63) is 53.6 Å². The molecule has 0 bridgehead atoms. The van der Waals surface area contributed by atoms with Crippen molar-refractivity contribution in [3.8, 4) is 0 Å². The Hall–Kier alpha value is -2.82. The second-order valence-corrected chi connectivity index (χ2v) is 6.19. The zero-order valence-corrected chi connectivity index (χ0v) is 14.2. The van der Waals surface area contributed by atoms with Crippen LogP contribution in [0.2, 0.25) is 0 Å². The fourth-order valence-electron chi connectivity index (χ4n) is 2.85. The molecule has 0 radical (unpaired) electrons. The number of hydrogen-bond donors (Lipinski definition) is 1. The minimum atomic E-state index is -0.138. The van der Waals surface area contributed by atoms with Crippen LogP contribution in [0, 0.1) is 0 Å². The van der Waals surface area contributed by atoms with Gasteiger partial charge in [0, 0.05) is 50.2 Å². The maximum absolute atomic E-state index is 12.4. The van der Waals surface area contributed by atoms with Crippen LogP contribution in [0.5, 0.6) is 0 Å². The first-order valence-corrected chi connectivity index (χ1v) is 7.94. The Morgan fingerprint density at radius 3 is 2.46 bits per heavy atom. The van der Waals surface area contributed by atoms with Crippen LogP contribution in [0.25, 0.3) is 0 Å². The molecule has 0 saturated heterocycles. The number of anilines is 3. The van der Waals surface area contributed by atoms with Crippen LogP contribution < -0.4 is 15.1 Å². The van der Waals surface area contributed by atoms with E-state index in [0.717, 1.165) is 22.6 Å². The number of benzene rings is 2. The summed E-state index contributed by atoms with van der Waals surface area (Å²) < 4.78 is 0. The number of nitrogens with one attached hydrogen (secondary N) is 1. The van der Waals surface area contributed by atoms with Gasteiger partial charge in [-0.25, -0.2) is 0 Å². The lowest BCUT2D eigenvalue weighted by Gasteiger charge is -2.26. The summed E-state index contributed by atoms with van der Waals surface area (Å²) in [4.78, 5) is 27.8. The van der Waals surface area contributed by atoms with E-state index in [1.807, 2.05) is 61.5 Å². The summed E-state index contributed by atoms with van der Waals surface area (Å²) in [5.41, 5.74) is 4.41. The molecule has 0 spiro atoms. The zero-order chi connectivity index (χ0) is 17.3. The molecule has 1 N–H and O–H groups in total. The van der Waals surface area contributed by atoms with Crippen molar-refractivity contribution in [2.24, 2.45) is 0 Å². The van der Waals surface area contributed by atoms with Crippen LogP contribution in [0.15, 0.2) is 42.5 Å². The molecule has 2 aromatic rings. The fraction of sp³-hybridized carbons (Fsp3) is 0.263. The third kappa shape index (κ3) is 3.11. The second kappa shape index (κ2) is 6.35. The summed E-state index contributed by atoms with van der Waals surface area (Å²) in [6.07, 6.45) is 1.21. The summed E-state index contributed by atoms with van der Waals surface area (Å²) in [7, 11) is 5.71. The standard InChI is InChI=1S/C19H21N3O2/c1-21(2)16-8-4-13(5-9-16)19(24)20-15-7-10-17-14(12-15)6-11-18(23)22(17)3/h4-5,7-10,12H,6,11H2,1-3H3,(H,20,24). The average Bonchev–Trinajstić information content (AvgIpc) is 2.58. The molecule has 24 heavy (non-hydrogen) atoms. The first-order valence-electron chi connectivity index (χ1n) is 7.94. The molecule has 5 heteroatoms. The van der Waals surface area contributed by atoms with E-state index in [0.29, 0.717) is 18.4 Å². The summed E-state index contributed by atoms with van der Waals surface area (Å²) >= 11 is 0. The Labute approximate surface area is 141 Å². The van der Waals surface area contributed by atoms with Crippen molar-refractivity contribution >= 4 is 28.9 Å². The third-order valence-electron chi connectivity index (χ3n) is 4.33. The van der Waals surface area contributed by atoms with Crippen molar-refractivity contribution < 1.29 is 9.59 Å². The molecule has 0 aromatic heterocycles. The highest BCUT2D eigenvalue weighted by Crippen LogP contribution is 2.29. The maximum Gasteiger partial charge on any atom is 0.255 e. The van der Waals surface area contributed by atoms with E-state index in [1.54, 1.807) is 11.9 Å². The van der Waals surface area contributed by atoms with E-state index in [2.05, 4.69) is 5.32 Å². The minimum absolute atomic E-state index is 0.125. The number of carbonyl (C=O) groups excluding carboxylic acids is 2.